The summed E-state index contributed by atoms with van der Waals surface area (Å²) in [6.07, 6.45) is 1.90. The zero-order valence-corrected chi connectivity index (χ0v) is 14.9. The maximum absolute atomic E-state index is 10.7. The lowest BCUT2D eigenvalue weighted by atomic mass is 9.77. The van der Waals surface area contributed by atoms with Gasteiger partial charge in [-0.1, -0.05) is 0 Å². The molecular formula is C18H30N4O2. The summed E-state index contributed by atoms with van der Waals surface area (Å²) >= 11 is 0. The van der Waals surface area contributed by atoms with Crippen molar-refractivity contribution >= 4 is 0 Å². The number of ether oxygens (including phenoxy) is 1. The molecule has 0 amide bonds. The van der Waals surface area contributed by atoms with Gasteiger partial charge < -0.3 is 9.84 Å². The predicted molar refractivity (Wildman–Crippen MR) is 91.7 cm³/mol. The van der Waals surface area contributed by atoms with Crippen molar-refractivity contribution in [1.82, 2.24) is 20.0 Å². The lowest BCUT2D eigenvalue weighted by Gasteiger charge is -2.43. The summed E-state index contributed by atoms with van der Waals surface area (Å²) in [7, 11) is 0. The van der Waals surface area contributed by atoms with Gasteiger partial charge in [-0.25, -0.2) is 0 Å². The Kier molecular flexibility index (Phi) is 4.64. The fourth-order valence-corrected chi connectivity index (χ4v) is 4.97. The summed E-state index contributed by atoms with van der Waals surface area (Å²) in [4.78, 5) is 5.02. The number of aliphatic hydroxyl groups excluding tert-OH is 1. The van der Waals surface area contributed by atoms with Crippen LogP contribution in [0.2, 0.25) is 0 Å². The summed E-state index contributed by atoms with van der Waals surface area (Å²) < 4.78 is 5.47. The van der Waals surface area contributed by atoms with Crippen molar-refractivity contribution in [2.24, 2.45) is 11.8 Å². The number of nitrogens with one attached hydrogen (secondary N) is 1. The van der Waals surface area contributed by atoms with Gasteiger partial charge >= 0.3 is 0 Å². The Bertz CT molecular complexity index is 550. The second-order valence-corrected chi connectivity index (χ2v) is 7.88. The van der Waals surface area contributed by atoms with E-state index < -0.39 is 0 Å². The van der Waals surface area contributed by atoms with Gasteiger partial charge in [0, 0.05) is 50.0 Å². The van der Waals surface area contributed by atoms with E-state index in [-0.39, 0.29) is 6.10 Å². The average Bonchev–Trinajstić information content (AvgIpc) is 3.12. The van der Waals surface area contributed by atoms with E-state index in [9.17, 15) is 5.11 Å². The maximum Gasteiger partial charge on any atom is 0.0698 e. The van der Waals surface area contributed by atoms with Crippen molar-refractivity contribution in [2.45, 2.75) is 45.4 Å². The Labute approximate surface area is 144 Å². The van der Waals surface area contributed by atoms with Gasteiger partial charge in [-0.05, 0) is 38.5 Å². The topological polar surface area (TPSA) is 64.6 Å². The predicted octanol–water partition coefficient (Wildman–Crippen LogP) is 0.930. The molecular weight excluding hydrogens is 304 g/mol. The lowest BCUT2D eigenvalue weighted by Crippen LogP contribution is -2.53. The van der Waals surface area contributed by atoms with E-state index in [4.69, 9.17) is 4.74 Å². The standard InChI is InChI=1S/C18H30N4O2/c1-12-16(13(2)20-19-12)11-21-9-14-7-17(18(23)8-15(14)10-21)22-3-5-24-6-4-22/h14-15,17-18,23H,3-11H2,1-2H3,(H,19,20)/t14-,15+,17-,18-/m1/s1. The van der Waals surface area contributed by atoms with E-state index in [0.717, 1.165) is 64.5 Å². The van der Waals surface area contributed by atoms with Crippen LogP contribution in [0.25, 0.3) is 0 Å². The molecule has 3 heterocycles. The highest BCUT2D eigenvalue weighted by atomic mass is 16.5. The molecule has 0 bridgehead atoms. The normalized spacial score (nSPS) is 35.3. The van der Waals surface area contributed by atoms with Crippen LogP contribution in [0.15, 0.2) is 0 Å². The Balaban J connectivity index is 1.40. The molecule has 1 aromatic rings. The van der Waals surface area contributed by atoms with Gasteiger partial charge in [0.2, 0.25) is 0 Å². The zero-order chi connectivity index (χ0) is 16.7. The van der Waals surface area contributed by atoms with Crippen molar-refractivity contribution in [3.63, 3.8) is 0 Å². The second kappa shape index (κ2) is 6.75. The number of aryl methyl sites for hydroxylation is 2. The second-order valence-electron chi connectivity index (χ2n) is 7.88. The number of morpholine rings is 1. The van der Waals surface area contributed by atoms with Gasteiger partial charge in [0.15, 0.2) is 0 Å². The molecule has 6 nitrogen and oxygen atoms in total. The summed E-state index contributed by atoms with van der Waals surface area (Å²) in [5, 5.41) is 18.1. The number of H-pyrrole nitrogens is 1. The molecule has 1 aliphatic carbocycles. The van der Waals surface area contributed by atoms with Crippen molar-refractivity contribution in [2.75, 3.05) is 39.4 Å². The van der Waals surface area contributed by atoms with Crippen LogP contribution in [0, 0.1) is 25.7 Å². The number of hydrogen-bond donors (Lipinski definition) is 2. The van der Waals surface area contributed by atoms with E-state index in [1.54, 1.807) is 0 Å². The smallest absolute Gasteiger partial charge is 0.0698 e. The minimum atomic E-state index is -0.179. The summed E-state index contributed by atoms with van der Waals surface area (Å²) in [6.45, 7) is 11.0. The highest BCUT2D eigenvalue weighted by Crippen LogP contribution is 2.39. The third kappa shape index (κ3) is 3.12. The molecule has 3 aliphatic rings. The lowest BCUT2D eigenvalue weighted by molar-refractivity contribution is -0.0520. The Hall–Kier alpha value is -0.950. The van der Waals surface area contributed by atoms with Crippen LogP contribution >= 0.6 is 0 Å². The fourth-order valence-electron chi connectivity index (χ4n) is 4.97. The van der Waals surface area contributed by atoms with Crippen LogP contribution in [0.1, 0.15) is 29.8 Å². The van der Waals surface area contributed by atoms with Crippen LogP contribution in [0.3, 0.4) is 0 Å². The van der Waals surface area contributed by atoms with Gasteiger partial charge in [0.1, 0.15) is 0 Å². The molecule has 1 saturated carbocycles. The first-order valence-electron chi connectivity index (χ1n) is 9.34. The van der Waals surface area contributed by atoms with Gasteiger partial charge in [-0.15, -0.1) is 0 Å². The Morgan fingerprint density at radius 1 is 1.17 bits per heavy atom. The van der Waals surface area contributed by atoms with Gasteiger partial charge in [0.25, 0.3) is 0 Å². The molecule has 0 aromatic carbocycles. The summed E-state index contributed by atoms with van der Waals surface area (Å²) in [5.41, 5.74) is 3.65. The number of hydrogen-bond acceptors (Lipinski definition) is 5. The van der Waals surface area contributed by atoms with E-state index in [1.165, 1.54) is 11.3 Å². The van der Waals surface area contributed by atoms with E-state index in [1.807, 2.05) is 0 Å². The molecule has 134 valence electrons. The largest absolute Gasteiger partial charge is 0.391 e. The van der Waals surface area contributed by atoms with Gasteiger partial charge in [-0.2, -0.15) is 5.10 Å². The third-order valence-electron chi connectivity index (χ3n) is 6.36. The number of aromatic amines is 1. The fraction of sp³-hybridized carbons (Fsp3) is 0.833. The molecule has 4 atom stereocenters. The van der Waals surface area contributed by atoms with Crippen molar-refractivity contribution in [1.29, 1.82) is 0 Å². The number of nitrogens with zero attached hydrogens (tertiary/aromatic N) is 3. The number of fused-ring (bicyclic) bond motifs is 1. The number of aliphatic hydroxyl groups is 1. The number of likely N-dealkylation sites (tertiary alicyclic amines) is 1. The van der Waals surface area contributed by atoms with Crippen molar-refractivity contribution in [3.8, 4) is 0 Å². The molecule has 2 aliphatic heterocycles. The van der Waals surface area contributed by atoms with E-state index >= 15 is 0 Å². The van der Waals surface area contributed by atoms with Crippen LogP contribution in [-0.2, 0) is 11.3 Å². The third-order valence-corrected chi connectivity index (χ3v) is 6.36. The Morgan fingerprint density at radius 3 is 2.54 bits per heavy atom. The van der Waals surface area contributed by atoms with E-state index in [2.05, 4.69) is 33.8 Å². The van der Waals surface area contributed by atoms with Crippen LogP contribution in [-0.4, -0.2) is 76.6 Å². The average molecular weight is 334 g/mol. The molecule has 2 saturated heterocycles. The zero-order valence-electron chi connectivity index (χ0n) is 14.9. The summed E-state index contributed by atoms with van der Waals surface area (Å²) in [6, 6.07) is 0.326. The first-order chi connectivity index (χ1) is 11.6. The molecule has 0 radical (unpaired) electrons. The first-order valence-corrected chi connectivity index (χ1v) is 9.34. The van der Waals surface area contributed by atoms with Gasteiger partial charge in [-0.3, -0.25) is 14.9 Å². The van der Waals surface area contributed by atoms with Crippen molar-refractivity contribution in [3.05, 3.63) is 17.0 Å². The van der Waals surface area contributed by atoms with Crippen LogP contribution in [0.4, 0.5) is 0 Å². The molecule has 0 unspecified atom stereocenters. The van der Waals surface area contributed by atoms with Gasteiger partial charge in [0.05, 0.1) is 25.0 Å². The summed E-state index contributed by atoms with van der Waals surface area (Å²) in [5.74, 6) is 1.36. The Morgan fingerprint density at radius 2 is 1.88 bits per heavy atom. The number of rotatable bonds is 3. The monoisotopic (exact) mass is 334 g/mol. The highest BCUT2D eigenvalue weighted by molar-refractivity contribution is 5.23. The maximum atomic E-state index is 10.7. The molecule has 3 fully saturated rings. The molecule has 0 spiro atoms. The first kappa shape index (κ1) is 16.5. The minimum Gasteiger partial charge on any atom is -0.391 e. The quantitative estimate of drug-likeness (QED) is 0.861. The molecule has 2 N–H and O–H groups in total. The minimum absolute atomic E-state index is 0.179. The molecule has 1 aromatic heterocycles. The molecule has 6 heteroatoms. The van der Waals surface area contributed by atoms with E-state index in [0.29, 0.717) is 17.9 Å². The van der Waals surface area contributed by atoms with Crippen LogP contribution < -0.4 is 0 Å². The highest BCUT2D eigenvalue weighted by Gasteiger charge is 2.43. The van der Waals surface area contributed by atoms with Crippen molar-refractivity contribution < 1.29 is 9.84 Å². The van der Waals surface area contributed by atoms with Crippen LogP contribution in [0.5, 0.6) is 0 Å². The molecule has 4 rings (SSSR count). The number of aromatic nitrogens is 2. The SMILES string of the molecule is Cc1n[nH]c(C)c1CN1C[C@H]2C[C@@H](N3CCOCC3)[C@H](O)C[C@H]2C1. The molecule has 24 heavy (non-hydrogen) atoms.